The van der Waals surface area contributed by atoms with Gasteiger partial charge in [0.25, 0.3) is 0 Å². The van der Waals surface area contributed by atoms with Crippen LogP contribution in [0, 0.1) is 0 Å². The minimum atomic E-state index is 0.596. The lowest BCUT2D eigenvalue weighted by Gasteiger charge is -2.27. The molecule has 0 spiro atoms. The van der Waals surface area contributed by atoms with E-state index in [1.54, 1.807) is 7.11 Å². The molecule has 23 heavy (non-hydrogen) atoms. The molecule has 0 amide bonds. The van der Waals surface area contributed by atoms with Crippen molar-refractivity contribution in [2.24, 2.45) is 0 Å². The van der Waals surface area contributed by atoms with Crippen molar-refractivity contribution in [3.05, 3.63) is 48.9 Å². The first-order valence-corrected chi connectivity index (χ1v) is 7.49. The van der Waals surface area contributed by atoms with Crippen LogP contribution in [-0.2, 0) is 4.74 Å². The van der Waals surface area contributed by atoms with E-state index in [4.69, 9.17) is 13.9 Å². The second-order valence-corrected chi connectivity index (χ2v) is 4.96. The number of anilines is 1. The van der Waals surface area contributed by atoms with E-state index < -0.39 is 0 Å². The topological polar surface area (TPSA) is 60.6 Å². The van der Waals surface area contributed by atoms with Crippen LogP contribution in [0.15, 0.2) is 53.3 Å². The second kappa shape index (κ2) is 7.60. The van der Waals surface area contributed by atoms with Crippen LogP contribution in [0.3, 0.4) is 0 Å². The van der Waals surface area contributed by atoms with E-state index in [0.717, 1.165) is 43.4 Å². The quantitative estimate of drug-likeness (QED) is 0.725. The second-order valence-electron chi connectivity index (χ2n) is 4.96. The highest BCUT2D eigenvalue weighted by molar-refractivity contribution is 5.70. The van der Waals surface area contributed by atoms with E-state index in [-0.39, 0.29) is 0 Å². The molecule has 0 unspecified atom stereocenters. The molecule has 0 aliphatic carbocycles. The third-order valence-corrected chi connectivity index (χ3v) is 3.50. The Morgan fingerprint density at radius 2 is 1.83 bits per heavy atom. The summed E-state index contributed by atoms with van der Waals surface area (Å²) in [5.74, 6) is 1.84. The summed E-state index contributed by atoms with van der Waals surface area (Å²) in [6.07, 6.45) is 1.42. The first-order valence-electron chi connectivity index (χ1n) is 7.49. The number of methoxy groups -OCH3 is 1. The lowest BCUT2D eigenvalue weighted by molar-refractivity contribution is 0.122. The Labute approximate surface area is 134 Å². The number of rotatable bonds is 2. The van der Waals surface area contributed by atoms with Gasteiger partial charge in [-0.25, -0.2) is 4.98 Å². The number of ether oxygens (including phenoxy) is 2. The Bertz CT molecular complexity index is 724. The third-order valence-electron chi connectivity index (χ3n) is 3.50. The Morgan fingerprint density at radius 3 is 2.52 bits per heavy atom. The maximum atomic E-state index is 5.29. The number of para-hydroxylation sites is 1. The molecule has 0 bridgehead atoms. The maximum Gasteiger partial charge on any atom is 0.248 e. The van der Waals surface area contributed by atoms with Gasteiger partial charge in [0.05, 0.1) is 20.3 Å². The van der Waals surface area contributed by atoms with Crippen molar-refractivity contribution >= 4 is 17.0 Å². The van der Waals surface area contributed by atoms with E-state index in [2.05, 4.69) is 14.9 Å². The van der Waals surface area contributed by atoms with Crippen molar-refractivity contribution in [1.29, 1.82) is 0 Å². The average molecular weight is 313 g/mol. The lowest BCUT2D eigenvalue weighted by atomic mass is 10.3. The molecule has 4 rings (SSSR count). The summed E-state index contributed by atoms with van der Waals surface area (Å²) in [7, 11) is 1.66. The van der Waals surface area contributed by atoms with Gasteiger partial charge in [0.1, 0.15) is 17.1 Å². The summed E-state index contributed by atoms with van der Waals surface area (Å²) >= 11 is 0. The van der Waals surface area contributed by atoms with Crippen LogP contribution in [0.4, 0.5) is 5.82 Å². The van der Waals surface area contributed by atoms with E-state index in [1.807, 2.05) is 42.5 Å². The highest BCUT2D eigenvalue weighted by Crippen LogP contribution is 2.17. The van der Waals surface area contributed by atoms with Crippen LogP contribution in [-0.4, -0.2) is 43.4 Å². The van der Waals surface area contributed by atoms with E-state index >= 15 is 0 Å². The van der Waals surface area contributed by atoms with Gasteiger partial charge in [-0.15, -0.1) is 0 Å². The van der Waals surface area contributed by atoms with Gasteiger partial charge >= 0.3 is 0 Å². The van der Waals surface area contributed by atoms with Crippen LogP contribution in [0.1, 0.15) is 0 Å². The molecule has 1 aliphatic heterocycles. The van der Waals surface area contributed by atoms with Gasteiger partial charge in [-0.2, -0.15) is 4.98 Å². The number of hydrogen-bond donors (Lipinski definition) is 0. The highest BCUT2D eigenvalue weighted by atomic mass is 16.5. The third kappa shape index (κ3) is 3.98. The molecule has 120 valence electrons. The van der Waals surface area contributed by atoms with Crippen molar-refractivity contribution in [3.63, 3.8) is 0 Å². The van der Waals surface area contributed by atoms with Crippen LogP contribution in [0.2, 0.25) is 0 Å². The molecule has 2 aromatic heterocycles. The molecular formula is C17H19N3O3. The molecule has 1 aromatic carbocycles. The van der Waals surface area contributed by atoms with E-state index in [0.29, 0.717) is 5.71 Å². The van der Waals surface area contributed by atoms with Gasteiger partial charge in [0, 0.05) is 13.1 Å². The number of oxazole rings is 1. The van der Waals surface area contributed by atoms with Crippen molar-refractivity contribution in [2.75, 3.05) is 38.3 Å². The predicted molar refractivity (Wildman–Crippen MR) is 87.8 cm³/mol. The van der Waals surface area contributed by atoms with Crippen molar-refractivity contribution in [2.45, 2.75) is 0 Å². The van der Waals surface area contributed by atoms with Crippen molar-refractivity contribution in [1.82, 2.24) is 9.97 Å². The van der Waals surface area contributed by atoms with Gasteiger partial charge in [0.2, 0.25) is 5.71 Å². The zero-order chi connectivity index (χ0) is 15.9. The first kappa shape index (κ1) is 15.3. The van der Waals surface area contributed by atoms with Crippen LogP contribution < -0.4 is 9.64 Å². The molecule has 0 atom stereocenters. The van der Waals surface area contributed by atoms with Gasteiger partial charge in [0.15, 0.2) is 6.39 Å². The summed E-state index contributed by atoms with van der Waals surface area (Å²) in [6.45, 7) is 3.28. The molecule has 1 saturated heterocycles. The zero-order valence-corrected chi connectivity index (χ0v) is 13.0. The largest absolute Gasteiger partial charge is 0.497 e. The number of pyridine rings is 1. The van der Waals surface area contributed by atoms with Gasteiger partial charge in [-0.3, -0.25) is 0 Å². The Balaban J connectivity index is 0.000000166. The first-order chi connectivity index (χ1) is 11.4. The maximum absolute atomic E-state index is 5.29. The van der Waals surface area contributed by atoms with E-state index in [1.165, 1.54) is 6.39 Å². The molecule has 3 heterocycles. The minimum absolute atomic E-state index is 0.596. The predicted octanol–water partition coefficient (Wildman–Crippen LogP) is 2.75. The zero-order valence-electron chi connectivity index (χ0n) is 13.0. The van der Waals surface area contributed by atoms with Crippen molar-refractivity contribution < 1.29 is 13.9 Å². The fourth-order valence-corrected chi connectivity index (χ4v) is 2.27. The smallest absolute Gasteiger partial charge is 0.248 e. The Kier molecular flexibility index (Phi) is 5.06. The molecule has 6 nitrogen and oxygen atoms in total. The van der Waals surface area contributed by atoms with Crippen LogP contribution >= 0.6 is 0 Å². The Morgan fingerprint density at radius 1 is 1.04 bits per heavy atom. The van der Waals surface area contributed by atoms with E-state index in [9.17, 15) is 0 Å². The molecule has 1 aliphatic rings. The molecule has 6 heteroatoms. The van der Waals surface area contributed by atoms with Crippen LogP contribution in [0.5, 0.6) is 5.75 Å². The molecular weight excluding hydrogens is 294 g/mol. The number of fused-ring (bicyclic) bond motifs is 1. The fourth-order valence-electron chi connectivity index (χ4n) is 2.27. The van der Waals surface area contributed by atoms with Crippen LogP contribution in [0.25, 0.3) is 11.2 Å². The SMILES string of the molecule is COc1ccccc1.c1nc2ccc(N3CCOCC3)nc2o1. The molecule has 0 N–H and O–H groups in total. The van der Waals surface area contributed by atoms with Gasteiger partial charge in [-0.1, -0.05) is 18.2 Å². The summed E-state index contributed by atoms with van der Waals surface area (Å²) in [5.41, 5.74) is 1.39. The number of benzene rings is 1. The number of aromatic nitrogens is 2. The monoisotopic (exact) mass is 313 g/mol. The standard InChI is InChI=1S/C10H11N3O2.C7H8O/c1-2-9(13-3-5-14-6-4-13)12-10-8(1)11-7-15-10;1-8-7-5-3-2-4-6-7/h1-2,7H,3-6H2;2-6H,1H3. The summed E-state index contributed by atoms with van der Waals surface area (Å²) in [4.78, 5) is 10.6. The Hall–Kier alpha value is -2.60. The number of nitrogens with zero attached hydrogens (tertiary/aromatic N) is 3. The normalized spacial score (nSPS) is 14.2. The molecule has 3 aromatic rings. The summed E-state index contributed by atoms with van der Waals surface area (Å²) in [6, 6.07) is 13.6. The summed E-state index contributed by atoms with van der Waals surface area (Å²) in [5, 5.41) is 0. The molecule has 0 saturated carbocycles. The van der Waals surface area contributed by atoms with Crippen molar-refractivity contribution in [3.8, 4) is 5.75 Å². The molecule has 1 fully saturated rings. The molecule has 0 radical (unpaired) electrons. The minimum Gasteiger partial charge on any atom is -0.497 e. The van der Waals surface area contributed by atoms with Gasteiger partial charge in [-0.05, 0) is 24.3 Å². The summed E-state index contributed by atoms with van der Waals surface area (Å²) < 4.78 is 15.4. The lowest BCUT2D eigenvalue weighted by Crippen LogP contribution is -2.36. The number of hydrogen-bond acceptors (Lipinski definition) is 6. The van der Waals surface area contributed by atoms with Gasteiger partial charge < -0.3 is 18.8 Å². The fraction of sp³-hybridized carbons (Fsp3) is 0.294. The average Bonchev–Trinajstić information content (AvgIpc) is 3.11. The number of morpholine rings is 1. The highest BCUT2D eigenvalue weighted by Gasteiger charge is 2.13.